The molecule has 24 heavy (non-hydrogen) atoms. The van der Waals surface area contributed by atoms with Crippen LogP contribution in [0.15, 0.2) is 21.8 Å². The molecule has 0 spiro atoms. The zero-order valence-electron chi connectivity index (χ0n) is 15.1. The van der Waals surface area contributed by atoms with Gasteiger partial charge in [-0.3, -0.25) is 4.99 Å². The summed E-state index contributed by atoms with van der Waals surface area (Å²) in [5.74, 6) is 1.43. The van der Waals surface area contributed by atoms with Crippen LogP contribution in [0.3, 0.4) is 0 Å². The Hall–Kier alpha value is -0.340. The fourth-order valence-electron chi connectivity index (χ4n) is 3.01. The Kier molecular flexibility index (Phi) is 11.7. The monoisotopic (exact) mass is 464 g/mol. The molecule has 1 aromatic rings. The highest BCUT2D eigenvalue weighted by Gasteiger charge is 2.09. The number of thiophene rings is 1. The summed E-state index contributed by atoms with van der Waals surface area (Å²) in [5, 5.41) is 11.2. The first kappa shape index (κ1) is 21.7. The highest BCUT2D eigenvalue weighted by Crippen LogP contribution is 2.16. The lowest BCUT2D eigenvalue weighted by atomic mass is 10.1. The van der Waals surface area contributed by atoms with Gasteiger partial charge in [0.15, 0.2) is 5.96 Å². The first-order valence-corrected chi connectivity index (χ1v) is 9.93. The Morgan fingerprint density at radius 2 is 2.00 bits per heavy atom. The summed E-state index contributed by atoms with van der Waals surface area (Å²) in [5.41, 5.74) is 1.40. The number of halogens is 1. The Labute approximate surface area is 168 Å². The van der Waals surface area contributed by atoms with Crippen LogP contribution in [0.4, 0.5) is 0 Å². The van der Waals surface area contributed by atoms with Crippen LogP contribution in [-0.2, 0) is 0 Å². The smallest absolute Gasteiger partial charge is 0.190 e. The van der Waals surface area contributed by atoms with E-state index in [1.165, 1.54) is 57.3 Å². The topological polar surface area (TPSA) is 39.7 Å². The number of nitrogens with zero attached hydrogens (tertiary/aromatic N) is 2. The fraction of sp³-hybridized carbons (Fsp3) is 0.722. The highest BCUT2D eigenvalue weighted by atomic mass is 127. The molecule has 1 atom stereocenters. The van der Waals surface area contributed by atoms with Crippen molar-refractivity contribution in [1.29, 1.82) is 0 Å². The van der Waals surface area contributed by atoms with Crippen LogP contribution in [0.25, 0.3) is 0 Å². The van der Waals surface area contributed by atoms with Gasteiger partial charge in [-0.1, -0.05) is 19.8 Å². The molecule has 1 aliphatic rings. The van der Waals surface area contributed by atoms with Crippen molar-refractivity contribution in [2.45, 2.75) is 44.9 Å². The van der Waals surface area contributed by atoms with Gasteiger partial charge in [0.1, 0.15) is 0 Å². The van der Waals surface area contributed by atoms with Gasteiger partial charge in [0.25, 0.3) is 0 Å². The zero-order valence-corrected chi connectivity index (χ0v) is 18.2. The molecule has 138 valence electrons. The SMILES string of the molecule is CN=C(NCCCN1CCCCCC1)NCC(C)c1ccsc1.I. The van der Waals surface area contributed by atoms with E-state index in [1.54, 1.807) is 11.3 Å². The predicted molar refractivity (Wildman–Crippen MR) is 117 cm³/mol. The lowest BCUT2D eigenvalue weighted by Crippen LogP contribution is -2.40. The third kappa shape index (κ3) is 8.16. The number of nitrogens with one attached hydrogen (secondary N) is 2. The van der Waals surface area contributed by atoms with E-state index in [0.29, 0.717) is 5.92 Å². The molecule has 1 unspecified atom stereocenters. The van der Waals surface area contributed by atoms with Crippen LogP contribution in [-0.4, -0.2) is 50.6 Å². The minimum absolute atomic E-state index is 0. The molecule has 0 aliphatic carbocycles. The van der Waals surface area contributed by atoms with Crippen molar-refractivity contribution >= 4 is 41.3 Å². The van der Waals surface area contributed by atoms with Gasteiger partial charge in [0.2, 0.25) is 0 Å². The second kappa shape index (κ2) is 12.9. The van der Waals surface area contributed by atoms with Crippen LogP contribution >= 0.6 is 35.3 Å². The molecular formula is C18H33IN4S. The van der Waals surface area contributed by atoms with Gasteiger partial charge in [-0.05, 0) is 67.2 Å². The van der Waals surface area contributed by atoms with Crippen LogP contribution in [0.2, 0.25) is 0 Å². The van der Waals surface area contributed by atoms with Gasteiger partial charge >= 0.3 is 0 Å². The molecule has 0 saturated carbocycles. The lowest BCUT2D eigenvalue weighted by molar-refractivity contribution is 0.282. The largest absolute Gasteiger partial charge is 0.356 e. The molecule has 6 heteroatoms. The Morgan fingerprint density at radius 1 is 1.25 bits per heavy atom. The van der Waals surface area contributed by atoms with E-state index in [-0.39, 0.29) is 24.0 Å². The first-order valence-electron chi connectivity index (χ1n) is 8.98. The van der Waals surface area contributed by atoms with Gasteiger partial charge in [0, 0.05) is 20.1 Å². The maximum absolute atomic E-state index is 4.32. The summed E-state index contributed by atoms with van der Waals surface area (Å²) in [6, 6.07) is 2.20. The third-order valence-electron chi connectivity index (χ3n) is 4.55. The van der Waals surface area contributed by atoms with Crippen LogP contribution in [0.5, 0.6) is 0 Å². The first-order chi connectivity index (χ1) is 11.3. The minimum atomic E-state index is 0. The average Bonchev–Trinajstić information content (AvgIpc) is 2.99. The maximum Gasteiger partial charge on any atom is 0.190 e. The number of aliphatic imine (C=N–C) groups is 1. The standard InChI is InChI=1S/C18H32N4S.HI/c1-16(17-8-13-23-15-17)14-21-18(19-2)20-9-7-12-22-10-5-3-4-6-11-22;/h8,13,15-16H,3-7,9-12,14H2,1-2H3,(H2,19,20,21);1H. The molecule has 1 saturated heterocycles. The summed E-state index contributed by atoms with van der Waals surface area (Å²) in [6.07, 6.45) is 6.75. The minimum Gasteiger partial charge on any atom is -0.356 e. The Morgan fingerprint density at radius 3 is 2.62 bits per heavy atom. The van der Waals surface area contributed by atoms with Crippen molar-refractivity contribution in [1.82, 2.24) is 15.5 Å². The van der Waals surface area contributed by atoms with E-state index in [2.05, 4.69) is 44.3 Å². The van der Waals surface area contributed by atoms with Crippen molar-refractivity contribution in [2.75, 3.05) is 39.8 Å². The lowest BCUT2D eigenvalue weighted by Gasteiger charge is -2.20. The van der Waals surface area contributed by atoms with Crippen LogP contribution < -0.4 is 10.6 Å². The van der Waals surface area contributed by atoms with Crippen molar-refractivity contribution in [2.24, 2.45) is 4.99 Å². The van der Waals surface area contributed by atoms with E-state index in [9.17, 15) is 0 Å². The molecule has 1 aliphatic heterocycles. The molecule has 1 fully saturated rings. The van der Waals surface area contributed by atoms with E-state index < -0.39 is 0 Å². The molecule has 0 aromatic carbocycles. The molecule has 0 bridgehead atoms. The third-order valence-corrected chi connectivity index (χ3v) is 5.26. The van der Waals surface area contributed by atoms with Gasteiger partial charge in [0.05, 0.1) is 0 Å². The highest BCUT2D eigenvalue weighted by molar-refractivity contribution is 14.0. The number of guanidine groups is 1. The summed E-state index contributed by atoms with van der Waals surface area (Å²) in [6.45, 7) is 7.93. The van der Waals surface area contributed by atoms with Gasteiger partial charge in [-0.25, -0.2) is 0 Å². The molecule has 2 heterocycles. The number of rotatable bonds is 7. The number of likely N-dealkylation sites (tertiary alicyclic amines) is 1. The Bertz CT molecular complexity index is 442. The number of hydrogen-bond donors (Lipinski definition) is 2. The fourth-order valence-corrected chi connectivity index (χ4v) is 3.80. The van der Waals surface area contributed by atoms with E-state index in [0.717, 1.165) is 19.0 Å². The molecular weight excluding hydrogens is 431 g/mol. The van der Waals surface area contributed by atoms with Crippen molar-refractivity contribution in [3.05, 3.63) is 22.4 Å². The zero-order chi connectivity index (χ0) is 16.3. The second-order valence-corrected chi connectivity index (χ2v) is 7.23. The van der Waals surface area contributed by atoms with Gasteiger partial charge in [-0.2, -0.15) is 11.3 Å². The molecule has 1 aromatic heterocycles. The normalized spacial score (nSPS) is 17.7. The molecule has 2 N–H and O–H groups in total. The predicted octanol–water partition coefficient (Wildman–Crippen LogP) is 3.90. The van der Waals surface area contributed by atoms with Crippen LogP contribution in [0.1, 0.15) is 50.5 Å². The summed E-state index contributed by atoms with van der Waals surface area (Å²) < 4.78 is 0. The quantitative estimate of drug-likeness (QED) is 0.278. The molecule has 0 radical (unpaired) electrons. The average molecular weight is 464 g/mol. The van der Waals surface area contributed by atoms with E-state index in [4.69, 9.17) is 0 Å². The molecule has 4 nitrogen and oxygen atoms in total. The molecule has 2 rings (SSSR count). The van der Waals surface area contributed by atoms with Gasteiger partial charge in [-0.15, -0.1) is 24.0 Å². The summed E-state index contributed by atoms with van der Waals surface area (Å²) >= 11 is 1.76. The summed E-state index contributed by atoms with van der Waals surface area (Å²) in [7, 11) is 1.85. The van der Waals surface area contributed by atoms with E-state index >= 15 is 0 Å². The number of hydrogen-bond acceptors (Lipinski definition) is 3. The maximum atomic E-state index is 4.32. The molecule has 0 amide bonds. The van der Waals surface area contributed by atoms with Crippen molar-refractivity contribution in [3.8, 4) is 0 Å². The van der Waals surface area contributed by atoms with Crippen molar-refractivity contribution in [3.63, 3.8) is 0 Å². The second-order valence-electron chi connectivity index (χ2n) is 6.45. The van der Waals surface area contributed by atoms with Gasteiger partial charge < -0.3 is 15.5 Å². The van der Waals surface area contributed by atoms with Crippen LogP contribution in [0, 0.1) is 0 Å². The van der Waals surface area contributed by atoms with Crippen molar-refractivity contribution < 1.29 is 0 Å². The summed E-state index contributed by atoms with van der Waals surface area (Å²) in [4.78, 5) is 6.94. The van der Waals surface area contributed by atoms with E-state index in [1.807, 2.05) is 7.05 Å². The Balaban J connectivity index is 0.00000288.